The Bertz CT molecular complexity index is 234. The van der Waals surface area contributed by atoms with Gasteiger partial charge < -0.3 is 5.32 Å². The monoisotopic (exact) mass is 221 g/mol. The number of hydrogen-bond acceptors (Lipinski definition) is 1. The fourth-order valence-corrected chi connectivity index (χ4v) is 3.21. The van der Waals surface area contributed by atoms with Crippen molar-refractivity contribution >= 4 is 0 Å². The highest BCUT2D eigenvalue weighted by Gasteiger charge is 2.40. The van der Waals surface area contributed by atoms with Crippen LogP contribution in [-0.2, 0) is 0 Å². The van der Waals surface area contributed by atoms with E-state index in [2.05, 4.69) is 31.3 Å². The molecule has 0 saturated heterocycles. The van der Waals surface area contributed by atoms with Crippen LogP contribution in [0.1, 0.15) is 52.4 Å². The van der Waals surface area contributed by atoms with Crippen molar-refractivity contribution in [2.24, 2.45) is 17.8 Å². The first-order valence-electron chi connectivity index (χ1n) is 7.25. The number of allylic oxidation sites excluding steroid dienone is 1. The maximum atomic E-state index is 3.80. The van der Waals surface area contributed by atoms with E-state index >= 15 is 0 Å². The number of rotatable bonds is 7. The molecular weight excluding hydrogens is 194 g/mol. The van der Waals surface area contributed by atoms with E-state index in [1.54, 1.807) is 0 Å². The zero-order valence-corrected chi connectivity index (χ0v) is 10.9. The summed E-state index contributed by atoms with van der Waals surface area (Å²) in [4.78, 5) is 0. The van der Waals surface area contributed by atoms with Crippen molar-refractivity contribution in [3.63, 3.8) is 0 Å². The van der Waals surface area contributed by atoms with Crippen molar-refractivity contribution in [3.8, 4) is 0 Å². The molecule has 1 fully saturated rings. The Labute approximate surface area is 101 Å². The van der Waals surface area contributed by atoms with Crippen LogP contribution in [0.15, 0.2) is 12.2 Å². The van der Waals surface area contributed by atoms with E-state index in [4.69, 9.17) is 0 Å². The zero-order valence-electron chi connectivity index (χ0n) is 10.9. The Morgan fingerprint density at radius 2 is 2.25 bits per heavy atom. The van der Waals surface area contributed by atoms with Crippen LogP contribution in [0, 0.1) is 17.8 Å². The second-order valence-corrected chi connectivity index (χ2v) is 5.67. The highest BCUT2D eigenvalue weighted by molar-refractivity contribution is 5.12. The largest absolute Gasteiger partial charge is 0.313 e. The molecule has 4 atom stereocenters. The standard InChI is InChI=1S/C15H27N/c1-3-5-7-12(4-2)11-16-15-10-13-8-6-9-14(13)15/h6,9,12-16H,3-5,7-8,10-11H2,1-2H3. The lowest BCUT2D eigenvalue weighted by atomic mass is 9.71. The normalized spacial score (nSPS) is 33.5. The Kier molecular flexibility index (Phi) is 4.45. The van der Waals surface area contributed by atoms with Gasteiger partial charge in [-0.2, -0.15) is 0 Å². The van der Waals surface area contributed by atoms with Crippen molar-refractivity contribution < 1.29 is 0 Å². The van der Waals surface area contributed by atoms with Gasteiger partial charge in [0.2, 0.25) is 0 Å². The Morgan fingerprint density at radius 1 is 1.38 bits per heavy atom. The lowest BCUT2D eigenvalue weighted by Crippen LogP contribution is -2.49. The van der Waals surface area contributed by atoms with Crippen LogP contribution in [0.2, 0.25) is 0 Å². The topological polar surface area (TPSA) is 12.0 Å². The molecule has 1 N–H and O–H groups in total. The number of unbranched alkanes of at least 4 members (excludes halogenated alkanes) is 1. The molecule has 1 nitrogen and oxygen atoms in total. The maximum absolute atomic E-state index is 3.80. The molecule has 0 amide bonds. The number of nitrogens with one attached hydrogen (secondary N) is 1. The zero-order chi connectivity index (χ0) is 11.4. The average Bonchev–Trinajstić information content (AvgIpc) is 2.65. The summed E-state index contributed by atoms with van der Waals surface area (Å²) in [5, 5.41) is 3.80. The van der Waals surface area contributed by atoms with Crippen LogP contribution in [-0.4, -0.2) is 12.6 Å². The van der Waals surface area contributed by atoms with Crippen molar-refractivity contribution in [2.75, 3.05) is 6.54 Å². The molecule has 2 rings (SSSR count). The molecule has 0 aromatic rings. The molecule has 0 aliphatic heterocycles. The number of hydrogen-bond donors (Lipinski definition) is 1. The highest BCUT2D eigenvalue weighted by atomic mass is 14.9. The minimum Gasteiger partial charge on any atom is -0.313 e. The summed E-state index contributed by atoms with van der Waals surface area (Å²) in [6.45, 7) is 5.87. The molecule has 16 heavy (non-hydrogen) atoms. The van der Waals surface area contributed by atoms with Gasteiger partial charge >= 0.3 is 0 Å². The van der Waals surface area contributed by atoms with Crippen LogP contribution in [0.4, 0.5) is 0 Å². The van der Waals surface area contributed by atoms with Crippen LogP contribution in [0.5, 0.6) is 0 Å². The molecule has 0 heterocycles. The van der Waals surface area contributed by atoms with E-state index in [0.717, 1.165) is 23.8 Å². The van der Waals surface area contributed by atoms with Crippen molar-refractivity contribution in [1.29, 1.82) is 0 Å². The summed E-state index contributed by atoms with van der Waals surface area (Å²) in [7, 11) is 0. The molecule has 1 saturated carbocycles. The third-order valence-corrected chi connectivity index (χ3v) is 4.57. The maximum Gasteiger partial charge on any atom is 0.0136 e. The fourth-order valence-electron chi connectivity index (χ4n) is 3.21. The molecule has 2 aliphatic carbocycles. The molecule has 4 unspecified atom stereocenters. The second-order valence-electron chi connectivity index (χ2n) is 5.67. The predicted molar refractivity (Wildman–Crippen MR) is 70.5 cm³/mol. The van der Waals surface area contributed by atoms with Gasteiger partial charge in [-0.25, -0.2) is 0 Å². The Balaban J connectivity index is 1.64. The van der Waals surface area contributed by atoms with Crippen molar-refractivity contribution in [3.05, 3.63) is 12.2 Å². The third-order valence-electron chi connectivity index (χ3n) is 4.57. The van der Waals surface area contributed by atoms with E-state index in [-0.39, 0.29) is 0 Å². The van der Waals surface area contributed by atoms with E-state index < -0.39 is 0 Å². The van der Waals surface area contributed by atoms with E-state index in [1.807, 2.05) is 0 Å². The highest BCUT2D eigenvalue weighted by Crippen LogP contribution is 2.42. The summed E-state index contributed by atoms with van der Waals surface area (Å²) < 4.78 is 0. The Hall–Kier alpha value is -0.300. The first-order valence-corrected chi connectivity index (χ1v) is 7.25. The minimum atomic E-state index is 0.805. The molecule has 0 bridgehead atoms. The van der Waals surface area contributed by atoms with Gasteiger partial charge in [0.25, 0.3) is 0 Å². The van der Waals surface area contributed by atoms with E-state index in [1.165, 1.54) is 45.1 Å². The van der Waals surface area contributed by atoms with Crippen LogP contribution >= 0.6 is 0 Å². The fraction of sp³-hybridized carbons (Fsp3) is 0.867. The van der Waals surface area contributed by atoms with Gasteiger partial charge in [-0.3, -0.25) is 0 Å². The summed E-state index contributed by atoms with van der Waals surface area (Å²) in [6.07, 6.45) is 13.1. The summed E-state index contributed by atoms with van der Waals surface area (Å²) in [5.74, 6) is 2.78. The quantitative estimate of drug-likeness (QED) is 0.646. The van der Waals surface area contributed by atoms with Crippen LogP contribution < -0.4 is 5.32 Å². The summed E-state index contributed by atoms with van der Waals surface area (Å²) in [5.41, 5.74) is 0. The van der Waals surface area contributed by atoms with Gasteiger partial charge in [0, 0.05) is 6.04 Å². The lowest BCUT2D eigenvalue weighted by molar-refractivity contribution is 0.156. The van der Waals surface area contributed by atoms with Gasteiger partial charge in [-0.05, 0) is 43.6 Å². The molecule has 92 valence electrons. The molecule has 1 heteroatoms. The SMILES string of the molecule is CCCCC(CC)CNC1CC2CC=CC21. The van der Waals surface area contributed by atoms with Gasteiger partial charge in [0.1, 0.15) is 0 Å². The van der Waals surface area contributed by atoms with E-state index in [9.17, 15) is 0 Å². The summed E-state index contributed by atoms with van der Waals surface area (Å²) >= 11 is 0. The number of fused-ring (bicyclic) bond motifs is 1. The van der Waals surface area contributed by atoms with Crippen LogP contribution in [0.3, 0.4) is 0 Å². The first-order chi connectivity index (χ1) is 7.85. The van der Waals surface area contributed by atoms with Gasteiger partial charge in [0.15, 0.2) is 0 Å². The minimum absolute atomic E-state index is 0.805. The van der Waals surface area contributed by atoms with Gasteiger partial charge in [0.05, 0.1) is 0 Å². The molecule has 0 spiro atoms. The molecule has 2 aliphatic rings. The first kappa shape index (κ1) is 12.2. The van der Waals surface area contributed by atoms with Crippen LogP contribution in [0.25, 0.3) is 0 Å². The molecule has 0 aromatic heterocycles. The lowest BCUT2D eigenvalue weighted by Gasteiger charge is -2.41. The molecule has 0 radical (unpaired) electrons. The second kappa shape index (κ2) is 5.86. The Morgan fingerprint density at radius 3 is 2.94 bits per heavy atom. The molecule has 0 aromatic carbocycles. The summed E-state index contributed by atoms with van der Waals surface area (Å²) in [6, 6.07) is 0.805. The van der Waals surface area contributed by atoms with Gasteiger partial charge in [-0.1, -0.05) is 45.3 Å². The predicted octanol–water partition coefficient (Wildman–Crippen LogP) is 3.76. The average molecular weight is 221 g/mol. The van der Waals surface area contributed by atoms with E-state index in [0.29, 0.717) is 0 Å². The third kappa shape index (κ3) is 2.68. The van der Waals surface area contributed by atoms with Gasteiger partial charge in [-0.15, -0.1) is 0 Å². The smallest absolute Gasteiger partial charge is 0.0136 e. The molecular formula is C15H27N. The van der Waals surface area contributed by atoms with Crippen molar-refractivity contribution in [1.82, 2.24) is 5.32 Å². The van der Waals surface area contributed by atoms with Crippen molar-refractivity contribution in [2.45, 2.75) is 58.4 Å².